The van der Waals surface area contributed by atoms with E-state index in [0.29, 0.717) is 11.3 Å². The van der Waals surface area contributed by atoms with Gasteiger partial charge in [0, 0.05) is 11.8 Å². The van der Waals surface area contributed by atoms with Gasteiger partial charge in [0.15, 0.2) is 0 Å². The number of unbranched alkanes of at least 4 members (excludes halogenated alkanes) is 1. The zero-order valence-corrected chi connectivity index (χ0v) is 14.3. The Bertz CT molecular complexity index is 713. The largest absolute Gasteiger partial charge is 0.423 e. The molecule has 0 fully saturated rings. The van der Waals surface area contributed by atoms with Gasteiger partial charge in [0.2, 0.25) is 0 Å². The van der Waals surface area contributed by atoms with Crippen LogP contribution < -0.4 is 4.74 Å². The molecule has 0 N–H and O–H groups in total. The molecule has 0 atom stereocenters. The lowest BCUT2D eigenvalue weighted by molar-refractivity contribution is -0.130. The maximum atomic E-state index is 11.5. The van der Waals surface area contributed by atoms with Crippen LogP contribution in [0.4, 0.5) is 5.69 Å². The average Bonchev–Trinajstić information content (AvgIpc) is 2.60. The van der Waals surface area contributed by atoms with Gasteiger partial charge in [-0.3, -0.25) is 4.99 Å². The highest BCUT2D eigenvalue weighted by atomic mass is 16.5. The first-order chi connectivity index (χ1) is 11.6. The Hall–Kier alpha value is -2.68. The van der Waals surface area contributed by atoms with Gasteiger partial charge in [-0.25, -0.2) is 4.79 Å². The number of rotatable bonds is 7. The van der Waals surface area contributed by atoms with Crippen molar-refractivity contribution in [3.05, 3.63) is 71.8 Å². The lowest BCUT2D eigenvalue weighted by Crippen LogP contribution is -2.07. The molecule has 0 aliphatic rings. The van der Waals surface area contributed by atoms with E-state index in [0.717, 1.165) is 17.7 Å². The van der Waals surface area contributed by atoms with Crippen LogP contribution in [0.5, 0.6) is 5.75 Å². The summed E-state index contributed by atoms with van der Waals surface area (Å²) >= 11 is 0. The van der Waals surface area contributed by atoms with E-state index in [-0.39, 0.29) is 0 Å². The molecule has 2 aromatic carbocycles. The van der Waals surface area contributed by atoms with Crippen molar-refractivity contribution in [1.29, 1.82) is 0 Å². The molecule has 2 rings (SSSR count). The third-order valence-electron chi connectivity index (χ3n) is 3.56. The summed E-state index contributed by atoms with van der Waals surface area (Å²) in [7, 11) is 0. The van der Waals surface area contributed by atoms with E-state index in [1.807, 2.05) is 24.3 Å². The van der Waals surface area contributed by atoms with Crippen LogP contribution in [0.3, 0.4) is 0 Å². The highest BCUT2D eigenvalue weighted by Gasteiger charge is 2.04. The molecule has 0 heterocycles. The number of benzene rings is 2. The van der Waals surface area contributed by atoms with Gasteiger partial charge in [-0.2, -0.15) is 0 Å². The molecule has 0 spiro atoms. The third kappa shape index (κ3) is 5.51. The van der Waals surface area contributed by atoms with E-state index in [1.54, 1.807) is 25.3 Å². The lowest BCUT2D eigenvalue weighted by Gasteiger charge is -2.03. The fraction of sp³-hybridized carbons (Fsp3) is 0.238. The molecule has 2 aromatic rings. The molecule has 0 aliphatic carbocycles. The summed E-state index contributed by atoms with van der Waals surface area (Å²) in [5, 5.41) is 0. The molecular weight excluding hydrogens is 298 g/mol. The van der Waals surface area contributed by atoms with Crippen molar-refractivity contribution in [2.45, 2.75) is 33.1 Å². The second-order valence-electron chi connectivity index (χ2n) is 5.77. The van der Waals surface area contributed by atoms with Gasteiger partial charge in [-0.05, 0) is 67.3 Å². The third-order valence-corrected chi connectivity index (χ3v) is 3.56. The maximum Gasteiger partial charge on any atom is 0.338 e. The monoisotopic (exact) mass is 321 g/mol. The van der Waals surface area contributed by atoms with Gasteiger partial charge in [0.05, 0.1) is 5.69 Å². The van der Waals surface area contributed by atoms with Crippen LogP contribution in [0.1, 0.15) is 37.8 Å². The van der Waals surface area contributed by atoms with E-state index < -0.39 is 5.97 Å². The van der Waals surface area contributed by atoms with E-state index >= 15 is 0 Å². The number of aliphatic imine (C=N–C) groups is 1. The molecule has 3 heteroatoms. The Morgan fingerprint density at radius 1 is 1.12 bits per heavy atom. The number of aryl methyl sites for hydroxylation is 1. The van der Waals surface area contributed by atoms with Crippen molar-refractivity contribution >= 4 is 17.9 Å². The Balaban J connectivity index is 1.96. The molecule has 3 nitrogen and oxygen atoms in total. The Labute approximate surface area is 143 Å². The Morgan fingerprint density at radius 2 is 1.79 bits per heavy atom. The predicted molar refractivity (Wildman–Crippen MR) is 99.2 cm³/mol. The number of carbonyl (C=O) groups excluding carboxylic acids is 1. The molecule has 0 amide bonds. The quantitative estimate of drug-likeness (QED) is 0.302. The van der Waals surface area contributed by atoms with Crippen molar-refractivity contribution in [3.8, 4) is 5.75 Å². The molecule has 124 valence electrons. The highest BCUT2D eigenvalue weighted by molar-refractivity contribution is 5.89. The van der Waals surface area contributed by atoms with Gasteiger partial charge < -0.3 is 4.74 Å². The van der Waals surface area contributed by atoms with Crippen LogP contribution in [-0.2, 0) is 11.2 Å². The topological polar surface area (TPSA) is 38.7 Å². The van der Waals surface area contributed by atoms with Gasteiger partial charge in [0.1, 0.15) is 5.75 Å². The summed E-state index contributed by atoms with van der Waals surface area (Å²) < 4.78 is 5.16. The van der Waals surface area contributed by atoms with E-state index in [2.05, 4.69) is 30.6 Å². The van der Waals surface area contributed by atoms with Crippen LogP contribution in [0.2, 0.25) is 0 Å². The Morgan fingerprint density at radius 3 is 2.38 bits per heavy atom. The first-order valence-corrected chi connectivity index (χ1v) is 8.19. The summed E-state index contributed by atoms with van der Waals surface area (Å²) in [6.45, 7) is 7.38. The molecular formula is C21H23NO2. The van der Waals surface area contributed by atoms with Crippen LogP contribution in [0.15, 0.2) is 65.7 Å². The highest BCUT2D eigenvalue weighted by Crippen LogP contribution is 2.16. The van der Waals surface area contributed by atoms with Crippen molar-refractivity contribution in [1.82, 2.24) is 0 Å². The predicted octanol–water partition coefficient (Wildman–Crippen LogP) is 5.26. The van der Waals surface area contributed by atoms with E-state index in [1.165, 1.54) is 18.4 Å². The summed E-state index contributed by atoms with van der Waals surface area (Å²) in [5.74, 6) is 0.0833. The Kier molecular flexibility index (Phi) is 6.50. The van der Waals surface area contributed by atoms with Crippen molar-refractivity contribution in [3.63, 3.8) is 0 Å². The smallest absolute Gasteiger partial charge is 0.338 e. The minimum Gasteiger partial charge on any atom is -0.423 e. The van der Waals surface area contributed by atoms with Gasteiger partial charge in [0.25, 0.3) is 0 Å². The van der Waals surface area contributed by atoms with Gasteiger partial charge in [-0.1, -0.05) is 32.1 Å². The molecule has 0 saturated carbocycles. The molecule has 0 bridgehead atoms. The number of esters is 1. The number of hydrogen-bond donors (Lipinski definition) is 0. The van der Waals surface area contributed by atoms with Crippen molar-refractivity contribution < 1.29 is 9.53 Å². The average molecular weight is 321 g/mol. The van der Waals surface area contributed by atoms with Gasteiger partial charge >= 0.3 is 5.97 Å². The summed E-state index contributed by atoms with van der Waals surface area (Å²) in [6, 6.07) is 15.5. The summed E-state index contributed by atoms with van der Waals surface area (Å²) in [4.78, 5) is 15.9. The summed E-state index contributed by atoms with van der Waals surface area (Å²) in [5.41, 5.74) is 3.59. The number of carbonyl (C=O) groups is 1. The number of hydrogen-bond acceptors (Lipinski definition) is 3. The van der Waals surface area contributed by atoms with Crippen LogP contribution in [0, 0.1) is 0 Å². The zero-order chi connectivity index (χ0) is 17.4. The standard InChI is InChI=1S/C21H23NO2/c1-4-5-6-17-7-11-19(12-8-17)22-15-18-9-13-20(14-10-18)24-21(23)16(2)3/h7-15H,2,4-6H2,1,3H3. The van der Waals surface area contributed by atoms with Crippen LogP contribution in [-0.4, -0.2) is 12.2 Å². The van der Waals surface area contributed by atoms with Crippen LogP contribution >= 0.6 is 0 Å². The van der Waals surface area contributed by atoms with Gasteiger partial charge in [-0.15, -0.1) is 0 Å². The molecule has 0 aromatic heterocycles. The molecule has 0 radical (unpaired) electrons. The molecule has 0 aliphatic heterocycles. The number of ether oxygens (including phenoxy) is 1. The zero-order valence-electron chi connectivity index (χ0n) is 14.3. The fourth-order valence-electron chi connectivity index (χ4n) is 2.09. The second kappa shape index (κ2) is 8.82. The first-order valence-electron chi connectivity index (χ1n) is 8.19. The van der Waals surface area contributed by atoms with Crippen molar-refractivity contribution in [2.24, 2.45) is 4.99 Å². The fourth-order valence-corrected chi connectivity index (χ4v) is 2.09. The maximum absolute atomic E-state index is 11.5. The SMILES string of the molecule is C=C(C)C(=O)Oc1ccc(C=Nc2ccc(CCCC)cc2)cc1. The van der Waals surface area contributed by atoms with E-state index in [4.69, 9.17) is 4.74 Å². The first kappa shape index (κ1) is 17.7. The van der Waals surface area contributed by atoms with Crippen LogP contribution in [0.25, 0.3) is 0 Å². The lowest BCUT2D eigenvalue weighted by atomic mass is 10.1. The van der Waals surface area contributed by atoms with E-state index in [9.17, 15) is 4.79 Å². The summed E-state index contributed by atoms with van der Waals surface area (Å²) in [6.07, 6.45) is 5.33. The normalized spacial score (nSPS) is 10.8. The molecule has 0 unspecified atom stereocenters. The second-order valence-corrected chi connectivity index (χ2v) is 5.77. The number of nitrogens with zero attached hydrogens (tertiary/aromatic N) is 1. The minimum absolute atomic E-state index is 0.378. The molecule has 24 heavy (non-hydrogen) atoms. The minimum atomic E-state index is -0.417. The molecule has 0 saturated heterocycles. The van der Waals surface area contributed by atoms with Crippen molar-refractivity contribution in [2.75, 3.05) is 0 Å².